The van der Waals surface area contributed by atoms with Gasteiger partial charge < -0.3 is 19.3 Å². The van der Waals surface area contributed by atoms with Gasteiger partial charge >= 0.3 is 6.18 Å². The lowest BCUT2D eigenvalue weighted by Gasteiger charge is -2.42. The van der Waals surface area contributed by atoms with E-state index in [4.69, 9.17) is 21.1 Å². The zero-order valence-electron chi connectivity index (χ0n) is 19.7. The summed E-state index contributed by atoms with van der Waals surface area (Å²) in [5, 5.41) is 0.584. The van der Waals surface area contributed by atoms with E-state index in [1.54, 1.807) is 34.1 Å². The lowest BCUT2D eigenvalue weighted by atomic mass is 9.75. The predicted molar refractivity (Wildman–Crippen MR) is 128 cm³/mol. The van der Waals surface area contributed by atoms with Crippen LogP contribution in [-0.2, 0) is 15.7 Å². The van der Waals surface area contributed by atoms with E-state index in [1.165, 1.54) is 12.1 Å². The number of morpholine rings is 1. The van der Waals surface area contributed by atoms with Gasteiger partial charge in [0.05, 0.1) is 25.4 Å². The molecule has 0 spiro atoms. The molecule has 0 unspecified atom stereocenters. The molecule has 0 radical (unpaired) electrons. The van der Waals surface area contributed by atoms with Gasteiger partial charge in [-0.3, -0.25) is 9.59 Å². The van der Waals surface area contributed by atoms with Crippen LogP contribution >= 0.6 is 11.6 Å². The van der Waals surface area contributed by atoms with E-state index in [9.17, 15) is 22.8 Å². The van der Waals surface area contributed by atoms with Gasteiger partial charge in [-0.25, -0.2) is 0 Å². The van der Waals surface area contributed by atoms with Gasteiger partial charge in [0.15, 0.2) is 0 Å². The van der Waals surface area contributed by atoms with Crippen LogP contribution in [0.4, 0.5) is 13.2 Å². The molecule has 2 aliphatic heterocycles. The minimum absolute atomic E-state index is 0.000803. The molecule has 0 saturated carbocycles. The Morgan fingerprint density at radius 1 is 0.972 bits per heavy atom. The van der Waals surface area contributed by atoms with E-state index in [0.29, 0.717) is 63.0 Å². The summed E-state index contributed by atoms with van der Waals surface area (Å²) >= 11 is 5.96. The summed E-state index contributed by atoms with van der Waals surface area (Å²) < 4.78 is 50.7. The van der Waals surface area contributed by atoms with Crippen molar-refractivity contribution in [2.24, 2.45) is 5.41 Å². The van der Waals surface area contributed by atoms with Crippen LogP contribution in [-0.4, -0.2) is 67.6 Å². The van der Waals surface area contributed by atoms with Crippen molar-refractivity contribution in [2.45, 2.75) is 25.4 Å². The summed E-state index contributed by atoms with van der Waals surface area (Å²) in [5.41, 5.74) is -1.37. The lowest BCUT2D eigenvalue weighted by Crippen LogP contribution is -2.49. The lowest BCUT2D eigenvalue weighted by molar-refractivity contribution is -0.139. The summed E-state index contributed by atoms with van der Waals surface area (Å²) in [4.78, 5) is 29.4. The average Bonchev–Trinajstić information content (AvgIpc) is 2.88. The molecule has 0 aromatic heterocycles. The highest BCUT2D eigenvalue weighted by atomic mass is 35.5. The Labute approximate surface area is 212 Å². The van der Waals surface area contributed by atoms with Crippen LogP contribution in [0.5, 0.6) is 5.75 Å². The standard InChI is InChI=1S/C26H28ClF3N2O4/c27-21-4-6-22(7-5-21)36-18-25(17-23(33)31-12-14-35-15-13-31)8-10-32(11-9-25)24(34)19-2-1-3-20(16-19)26(28,29)30/h1-7,16H,8-15,17-18H2. The monoisotopic (exact) mass is 524 g/mol. The maximum absolute atomic E-state index is 13.1. The van der Waals surface area contributed by atoms with Crippen molar-refractivity contribution >= 4 is 23.4 Å². The number of carbonyl (C=O) groups is 2. The molecule has 36 heavy (non-hydrogen) atoms. The Morgan fingerprint density at radius 2 is 1.64 bits per heavy atom. The summed E-state index contributed by atoms with van der Waals surface area (Å²) in [7, 11) is 0. The van der Waals surface area contributed by atoms with E-state index in [0.717, 1.165) is 12.1 Å². The van der Waals surface area contributed by atoms with Crippen LogP contribution in [0.15, 0.2) is 48.5 Å². The number of nitrogens with zero attached hydrogens (tertiary/aromatic N) is 2. The molecule has 6 nitrogen and oxygen atoms in total. The molecule has 2 heterocycles. The second-order valence-electron chi connectivity index (χ2n) is 9.28. The number of benzene rings is 2. The molecule has 2 aromatic carbocycles. The van der Waals surface area contributed by atoms with E-state index in [1.807, 2.05) is 0 Å². The summed E-state index contributed by atoms with van der Waals surface area (Å²) in [6, 6.07) is 11.4. The molecule has 0 aliphatic carbocycles. The molecular formula is C26H28ClF3N2O4. The molecule has 2 aromatic rings. The number of likely N-dealkylation sites (tertiary alicyclic amines) is 1. The van der Waals surface area contributed by atoms with Crippen molar-refractivity contribution in [2.75, 3.05) is 46.0 Å². The molecule has 2 amide bonds. The van der Waals surface area contributed by atoms with Crippen LogP contribution < -0.4 is 4.74 Å². The molecule has 194 valence electrons. The number of piperidine rings is 1. The quantitative estimate of drug-likeness (QED) is 0.539. The van der Waals surface area contributed by atoms with Gasteiger partial charge in [-0.2, -0.15) is 13.2 Å². The number of rotatable bonds is 6. The highest BCUT2D eigenvalue weighted by Gasteiger charge is 2.40. The fraction of sp³-hybridized carbons (Fsp3) is 0.462. The first kappa shape index (κ1) is 26.3. The largest absolute Gasteiger partial charge is 0.493 e. The smallest absolute Gasteiger partial charge is 0.416 e. The number of carbonyl (C=O) groups excluding carboxylic acids is 2. The summed E-state index contributed by atoms with van der Waals surface area (Å²) in [6.07, 6.45) is -3.29. The maximum atomic E-state index is 13.1. The van der Waals surface area contributed by atoms with E-state index >= 15 is 0 Å². The summed E-state index contributed by atoms with van der Waals surface area (Å²) in [6.45, 7) is 2.97. The van der Waals surface area contributed by atoms with Crippen molar-refractivity contribution < 1.29 is 32.2 Å². The van der Waals surface area contributed by atoms with E-state index in [-0.39, 0.29) is 24.5 Å². The zero-order chi connectivity index (χ0) is 25.8. The number of amides is 2. The molecule has 0 N–H and O–H groups in total. The third-order valence-corrected chi connectivity index (χ3v) is 7.05. The molecule has 2 fully saturated rings. The van der Waals surface area contributed by atoms with E-state index < -0.39 is 23.1 Å². The van der Waals surface area contributed by atoms with Crippen molar-refractivity contribution in [3.8, 4) is 5.75 Å². The number of hydrogen-bond donors (Lipinski definition) is 0. The minimum Gasteiger partial charge on any atom is -0.493 e. The highest BCUT2D eigenvalue weighted by Crippen LogP contribution is 2.37. The average molecular weight is 525 g/mol. The molecule has 2 saturated heterocycles. The molecule has 2 aliphatic rings. The van der Waals surface area contributed by atoms with Crippen LogP contribution in [0.1, 0.15) is 35.2 Å². The van der Waals surface area contributed by atoms with Crippen molar-refractivity contribution in [3.05, 3.63) is 64.7 Å². The Bertz CT molecular complexity index is 1060. The second kappa shape index (κ2) is 11.1. The van der Waals surface area contributed by atoms with E-state index in [2.05, 4.69) is 0 Å². The highest BCUT2D eigenvalue weighted by molar-refractivity contribution is 6.30. The molecule has 0 bridgehead atoms. The first-order valence-electron chi connectivity index (χ1n) is 11.9. The van der Waals surface area contributed by atoms with Gasteiger partial charge in [-0.05, 0) is 55.3 Å². The first-order valence-corrected chi connectivity index (χ1v) is 12.2. The fourth-order valence-corrected chi connectivity index (χ4v) is 4.71. The Kier molecular flexibility index (Phi) is 8.10. The maximum Gasteiger partial charge on any atom is 0.416 e. The number of halogens is 4. The molecule has 0 atom stereocenters. The van der Waals surface area contributed by atoms with Crippen molar-refractivity contribution in [1.29, 1.82) is 0 Å². The Hall–Kier alpha value is -2.78. The number of hydrogen-bond acceptors (Lipinski definition) is 4. The van der Waals surface area contributed by atoms with Crippen LogP contribution in [0.25, 0.3) is 0 Å². The van der Waals surface area contributed by atoms with Gasteiger partial charge in [0.1, 0.15) is 5.75 Å². The normalized spacial score (nSPS) is 18.1. The Morgan fingerprint density at radius 3 is 2.28 bits per heavy atom. The fourth-order valence-electron chi connectivity index (χ4n) is 4.58. The SMILES string of the molecule is O=C(CC1(COc2ccc(Cl)cc2)CCN(C(=O)c2cccc(C(F)(F)F)c2)CC1)N1CCOCC1. The van der Waals surface area contributed by atoms with Gasteiger partial charge in [0.2, 0.25) is 5.91 Å². The van der Waals surface area contributed by atoms with Gasteiger partial charge in [0, 0.05) is 48.6 Å². The van der Waals surface area contributed by atoms with Crippen LogP contribution in [0.2, 0.25) is 5.02 Å². The third kappa shape index (κ3) is 6.50. The first-order chi connectivity index (χ1) is 17.2. The topological polar surface area (TPSA) is 59.1 Å². The van der Waals surface area contributed by atoms with Crippen molar-refractivity contribution in [3.63, 3.8) is 0 Å². The minimum atomic E-state index is -4.52. The number of alkyl halides is 3. The Balaban J connectivity index is 1.46. The van der Waals surface area contributed by atoms with Crippen molar-refractivity contribution in [1.82, 2.24) is 9.80 Å². The van der Waals surface area contributed by atoms with Crippen LogP contribution in [0, 0.1) is 5.41 Å². The van der Waals surface area contributed by atoms with Gasteiger partial charge in [-0.1, -0.05) is 17.7 Å². The summed E-state index contributed by atoms with van der Waals surface area (Å²) in [5.74, 6) is 0.184. The van der Waals surface area contributed by atoms with Crippen LogP contribution in [0.3, 0.4) is 0 Å². The number of ether oxygens (including phenoxy) is 2. The molecular weight excluding hydrogens is 497 g/mol. The predicted octanol–water partition coefficient (Wildman–Crippen LogP) is 4.91. The third-order valence-electron chi connectivity index (χ3n) is 6.80. The zero-order valence-corrected chi connectivity index (χ0v) is 20.5. The molecule has 4 rings (SSSR count). The molecule has 10 heteroatoms. The van der Waals surface area contributed by atoms with Gasteiger partial charge in [-0.15, -0.1) is 0 Å². The van der Waals surface area contributed by atoms with Gasteiger partial charge in [0.25, 0.3) is 5.91 Å². The second-order valence-corrected chi connectivity index (χ2v) is 9.72.